The minimum absolute atomic E-state index is 0.0133. The zero-order valence-corrected chi connectivity index (χ0v) is 13.5. The Balaban J connectivity index is 3.20. The number of nitrogens with two attached hydrogens (primary N) is 1. The van der Waals surface area contributed by atoms with Gasteiger partial charge < -0.3 is 14.2 Å². The Hall–Kier alpha value is -1.51. The van der Waals surface area contributed by atoms with Crippen molar-refractivity contribution in [2.75, 3.05) is 33.3 Å². The van der Waals surface area contributed by atoms with Gasteiger partial charge in [-0.1, -0.05) is 0 Å². The first-order chi connectivity index (χ1) is 9.87. The van der Waals surface area contributed by atoms with E-state index in [4.69, 9.17) is 20.1 Å². The van der Waals surface area contributed by atoms with Crippen LogP contribution in [-0.2, 0) is 9.84 Å². The summed E-state index contributed by atoms with van der Waals surface area (Å²) < 4.78 is 38.5. The first-order valence-corrected chi connectivity index (χ1v) is 8.36. The molecule has 1 atom stereocenters. The van der Waals surface area contributed by atoms with Gasteiger partial charge in [-0.15, -0.1) is 0 Å². The summed E-state index contributed by atoms with van der Waals surface area (Å²) in [7, 11) is 1.46. The molecule has 0 saturated heterocycles. The molecule has 1 unspecified atom stereocenters. The van der Waals surface area contributed by atoms with Crippen molar-refractivity contribution in [1.29, 1.82) is 0 Å². The number of rotatable bonds is 8. The molecule has 0 fully saturated rings. The molecule has 1 aromatic rings. The molecule has 0 aromatic heterocycles. The van der Waals surface area contributed by atoms with Gasteiger partial charge in [-0.05, 0) is 18.6 Å². The van der Waals surface area contributed by atoms with Gasteiger partial charge in [0.25, 0.3) is 0 Å². The molecule has 3 N–H and O–H groups in total. The maximum Gasteiger partial charge on any atom is 0.203 e. The molecule has 21 heavy (non-hydrogen) atoms. The summed E-state index contributed by atoms with van der Waals surface area (Å²) >= 11 is 0. The minimum atomic E-state index is -3.08. The van der Waals surface area contributed by atoms with Crippen molar-refractivity contribution < 1.29 is 22.6 Å². The number of nitrogens with one attached hydrogen (secondary N) is 1. The van der Waals surface area contributed by atoms with Crippen molar-refractivity contribution >= 4 is 9.84 Å². The molecule has 0 bridgehead atoms. The molecule has 0 aliphatic heterocycles. The zero-order chi connectivity index (χ0) is 16.0. The van der Waals surface area contributed by atoms with Crippen LogP contribution in [0.4, 0.5) is 0 Å². The van der Waals surface area contributed by atoms with Crippen molar-refractivity contribution in [3.8, 4) is 17.2 Å². The third-order valence-electron chi connectivity index (χ3n) is 3.09. The normalized spacial score (nSPS) is 12.8. The molecular weight excluding hydrogens is 296 g/mol. The number of hydrazine groups is 1. The van der Waals surface area contributed by atoms with Crippen molar-refractivity contribution in [1.82, 2.24) is 5.43 Å². The molecule has 0 heterocycles. The predicted molar refractivity (Wildman–Crippen MR) is 80.5 cm³/mol. The van der Waals surface area contributed by atoms with Gasteiger partial charge in [0.1, 0.15) is 9.84 Å². The molecule has 0 radical (unpaired) electrons. The number of hydrogen-bond donors (Lipinski definition) is 2. The van der Waals surface area contributed by atoms with Crippen molar-refractivity contribution in [2.45, 2.75) is 12.5 Å². The minimum Gasteiger partial charge on any atom is -0.493 e. The third-order valence-corrected chi connectivity index (χ3v) is 4.07. The third kappa shape index (κ3) is 4.48. The Morgan fingerprint density at radius 2 is 1.76 bits per heavy atom. The molecule has 1 aromatic carbocycles. The molecule has 8 heteroatoms. The van der Waals surface area contributed by atoms with Crippen LogP contribution in [0.2, 0.25) is 0 Å². The maximum atomic E-state index is 11.3. The molecule has 0 aliphatic carbocycles. The van der Waals surface area contributed by atoms with E-state index >= 15 is 0 Å². The lowest BCUT2D eigenvalue weighted by Gasteiger charge is -2.21. The van der Waals surface area contributed by atoms with Crippen molar-refractivity contribution in [3.63, 3.8) is 0 Å². The Morgan fingerprint density at radius 1 is 1.14 bits per heavy atom. The second kappa shape index (κ2) is 7.48. The van der Waals surface area contributed by atoms with Crippen LogP contribution in [-0.4, -0.2) is 41.8 Å². The summed E-state index contributed by atoms with van der Waals surface area (Å²) in [6.07, 6.45) is 1.51. The molecule has 7 nitrogen and oxygen atoms in total. The molecule has 0 saturated carbocycles. The van der Waals surface area contributed by atoms with Gasteiger partial charge >= 0.3 is 0 Å². The number of sulfone groups is 1. The van der Waals surface area contributed by atoms with Crippen LogP contribution in [0.1, 0.15) is 18.0 Å². The molecule has 0 spiro atoms. The zero-order valence-electron chi connectivity index (χ0n) is 12.7. The number of hydrogen-bond acceptors (Lipinski definition) is 7. The van der Waals surface area contributed by atoms with Gasteiger partial charge in [-0.25, -0.2) is 8.42 Å². The Kier molecular flexibility index (Phi) is 6.25. The van der Waals surface area contributed by atoms with E-state index in [1.807, 2.05) is 0 Å². The van der Waals surface area contributed by atoms with Gasteiger partial charge in [0.05, 0.1) is 33.1 Å². The topological polar surface area (TPSA) is 99.9 Å². The average Bonchev–Trinajstić information content (AvgIpc) is 2.45. The first kappa shape index (κ1) is 17.5. The van der Waals surface area contributed by atoms with E-state index < -0.39 is 9.84 Å². The van der Waals surface area contributed by atoms with Gasteiger partial charge in [0.15, 0.2) is 11.5 Å². The largest absolute Gasteiger partial charge is 0.493 e. The van der Waals surface area contributed by atoms with Crippen molar-refractivity contribution in [3.05, 3.63) is 17.7 Å². The van der Waals surface area contributed by atoms with E-state index in [1.54, 1.807) is 12.1 Å². The Labute approximate surface area is 125 Å². The SMILES string of the molecule is COc1ccc(C(CCS(C)(=O)=O)NN)c(OC)c1OC. The Morgan fingerprint density at radius 3 is 2.19 bits per heavy atom. The lowest BCUT2D eigenvalue weighted by molar-refractivity contribution is 0.319. The summed E-state index contributed by atoms with van der Waals surface area (Å²) in [6, 6.07) is 3.11. The van der Waals surface area contributed by atoms with Crippen LogP contribution in [0.25, 0.3) is 0 Å². The number of methoxy groups -OCH3 is 3. The second-order valence-corrected chi connectivity index (χ2v) is 6.82. The van der Waals surface area contributed by atoms with Crippen LogP contribution < -0.4 is 25.5 Å². The van der Waals surface area contributed by atoms with Gasteiger partial charge in [-0.2, -0.15) is 0 Å². The summed E-state index contributed by atoms with van der Waals surface area (Å²) in [5.41, 5.74) is 3.32. The number of benzene rings is 1. The van der Waals surface area contributed by atoms with Crippen LogP contribution in [0.3, 0.4) is 0 Å². The summed E-state index contributed by atoms with van der Waals surface area (Å²) in [5.74, 6) is 6.99. The highest BCUT2D eigenvalue weighted by atomic mass is 32.2. The highest BCUT2D eigenvalue weighted by Crippen LogP contribution is 2.42. The van der Waals surface area contributed by atoms with Crippen LogP contribution >= 0.6 is 0 Å². The molecule has 0 amide bonds. The van der Waals surface area contributed by atoms with Crippen molar-refractivity contribution in [2.24, 2.45) is 5.84 Å². The Bertz CT molecular complexity index is 574. The van der Waals surface area contributed by atoms with Gasteiger partial charge in [0, 0.05) is 11.8 Å². The molecule has 120 valence electrons. The van der Waals surface area contributed by atoms with E-state index in [1.165, 1.54) is 27.6 Å². The first-order valence-electron chi connectivity index (χ1n) is 6.30. The fourth-order valence-corrected chi connectivity index (χ4v) is 2.72. The average molecular weight is 318 g/mol. The van der Waals surface area contributed by atoms with Gasteiger partial charge in [-0.3, -0.25) is 11.3 Å². The highest BCUT2D eigenvalue weighted by molar-refractivity contribution is 7.90. The van der Waals surface area contributed by atoms with E-state index in [9.17, 15) is 8.42 Å². The summed E-state index contributed by atoms with van der Waals surface area (Å²) in [6.45, 7) is 0. The second-order valence-electron chi connectivity index (χ2n) is 4.56. The summed E-state index contributed by atoms with van der Waals surface area (Å²) in [5, 5.41) is 0. The maximum absolute atomic E-state index is 11.3. The number of ether oxygens (including phenoxy) is 3. The smallest absolute Gasteiger partial charge is 0.203 e. The van der Waals surface area contributed by atoms with Gasteiger partial charge in [0.2, 0.25) is 5.75 Å². The predicted octanol–water partition coefficient (Wildman–Crippen LogP) is 0.652. The van der Waals surface area contributed by atoms with Crippen LogP contribution in [0, 0.1) is 0 Å². The van der Waals surface area contributed by atoms with Crippen LogP contribution in [0.5, 0.6) is 17.2 Å². The highest BCUT2D eigenvalue weighted by Gasteiger charge is 2.22. The standard InChI is InChI=1S/C13H22N2O5S/c1-18-11-6-5-9(12(19-2)13(11)20-3)10(15-14)7-8-21(4,16)17/h5-6,10,15H,7-8,14H2,1-4H3. The van der Waals surface area contributed by atoms with Crippen LogP contribution in [0.15, 0.2) is 12.1 Å². The fraction of sp³-hybridized carbons (Fsp3) is 0.538. The molecule has 0 aliphatic rings. The molecule has 1 rings (SSSR count). The molecular formula is C13H22N2O5S. The van der Waals surface area contributed by atoms with E-state index in [0.717, 1.165) is 0 Å². The monoisotopic (exact) mass is 318 g/mol. The van der Waals surface area contributed by atoms with E-state index in [-0.39, 0.29) is 11.8 Å². The summed E-state index contributed by atoms with van der Waals surface area (Å²) in [4.78, 5) is 0. The van der Waals surface area contributed by atoms with E-state index in [2.05, 4.69) is 5.43 Å². The lowest BCUT2D eigenvalue weighted by Crippen LogP contribution is -2.30. The fourth-order valence-electron chi connectivity index (χ4n) is 2.06. The lowest BCUT2D eigenvalue weighted by atomic mass is 10.0. The quantitative estimate of drug-likeness (QED) is 0.536. The van der Waals surface area contributed by atoms with E-state index in [0.29, 0.717) is 29.2 Å².